The molecule has 2 nitrogen and oxygen atoms in total. The highest BCUT2D eigenvalue weighted by Gasteiger charge is 2.08. The molecule has 0 aliphatic heterocycles. The van der Waals surface area contributed by atoms with Crippen LogP contribution in [0.25, 0.3) is 11.3 Å². The van der Waals surface area contributed by atoms with Gasteiger partial charge in [-0.3, -0.25) is 0 Å². The summed E-state index contributed by atoms with van der Waals surface area (Å²) in [4.78, 5) is 5.27. The Balaban J connectivity index is 2.50. The van der Waals surface area contributed by atoms with Crippen LogP contribution in [0.1, 0.15) is 10.4 Å². The van der Waals surface area contributed by atoms with Crippen molar-refractivity contribution in [3.05, 3.63) is 40.0 Å². The first-order chi connectivity index (χ1) is 7.22. The number of nitrogens with two attached hydrogens (primary N) is 1. The van der Waals surface area contributed by atoms with Gasteiger partial charge in [0, 0.05) is 17.0 Å². The van der Waals surface area contributed by atoms with Crippen molar-refractivity contribution in [1.29, 1.82) is 0 Å². The minimum absolute atomic E-state index is 0.191. The molecule has 1 aromatic heterocycles. The fourth-order valence-corrected chi connectivity index (χ4v) is 2.11. The molecule has 1 aromatic carbocycles. The first-order valence-electron chi connectivity index (χ1n) is 4.61. The second-order valence-electron chi connectivity index (χ2n) is 3.29. The standard InChI is InChI=1S/C11H11FN2S/c1-7-4-8(2-3-9(7)12)11-10(5-13)15-6-14-11/h2-4,6H,5,13H2,1H3. The number of halogens is 1. The zero-order valence-electron chi connectivity index (χ0n) is 8.33. The van der Waals surface area contributed by atoms with Crippen molar-refractivity contribution in [1.82, 2.24) is 4.98 Å². The Bertz CT molecular complexity index is 479. The minimum atomic E-state index is -0.191. The van der Waals surface area contributed by atoms with Crippen molar-refractivity contribution >= 4 is 11.3 Å². The van der Waals surface area contributed by atoms with E-state index in [-0.39, 0.29) is 5.82 Å². The predicted octanol–water partition coefficient (Wildman–Crippen LogP) is 2.72. The fraction of sp³-hybridized carbons (Fsp3) is 0.182. The van der Waals surface area contributed by atoms with E-state index in [1.807, 2.05) is 0 Å². The van der Waals surface area contributed by atoms with Crippen LogP contribution in [0.15, 0.2) is 23.7 Å². The molecule has 0 unspecified atom stereocenters. The topological polar surface area (TPSA) is 38.9 Å². The highest BCUT2D eigenvalue weighted by molar-refractivity contribution is 7.10. The van der Waals surface area contributed by atoms with Crippen molar-refractivity contribution in [3.8, 4) is 11.3 Å². The third-order valence-corrected chi connectivity index (χ3v) is 3.11. The maximum absolute atomic E-state index is 13.1. The van der Waals surface area contributed by atoms with Gasteiger partial charge in [-0.05, 0) is 30.7 Å². The zero-order valence-corrected chi connectivity index (χ0v) is 9.14. The molecular weight excluding hydrogens is 211 g/mol. The highest BCUT2D eigenvalue weighted by Crippen LogP contribution is 2.26. The lowest BCUT2D eigenvalue weighted by Crippen LogP contribution is -1.96. The SMILES string of the molecule is Cc1cc(-c2ncsc2CN)ccc1F. The summed E-state index contributed by atoms with van der Waals surface area (Å²) in [6.07, 6.45) is 0. The van der Waals surface area contributed by atoms with Crippen LogP contribution in [0.5, 0.6) is 0 Å². The Hall–Kier alpha value is -1.26. The van der Waals surface area contributed by atoms with E-state index in [1.54, 1.807) is 24.6 Å². The first kappa shape index (κ1) is 10.3. The van der Waals surface area contributed by atoms with E-state index < -0.39 is 0 Å². The van der Waals surface area contributed by atoms with Crippen LogP contribution in [0.4, 0.5) is 4.39 Å². The molecule has 2 rings (SSSR count). The summed E-state index contributed by atoms with van der Waals surface area (Å²) in [6.45, 7) is 2.21. The molecule has 0 spiro atoms. The summed E-state index contributed by atoms with van der Waals surface area (Å²) in [7, 11) is 0. The lowest BCUT2D eigenvalue weighted by Gasteiger charge is -2.02. The van der Waals surface area contributed by atoms with Gasteiger partial charge in [0.25, 0.3) is 0 Å². The van der Waals surface area contributed by atoms with Gasteiger partial charge in [-0.1, -0.05) is 0 Å². The van der Waals surface area contributed by atoms with E-state index in [9.17, 15) is 4.39 Å². The first-order valence-corrected chi connectivity index (χ1v) is 5.49. The number of thiazole rings is 1. The number of benzene rings is 1. The number of aryl methyl sites for hydroxylation is 1. The number of hydrogen-bond acceptors (Lipinski definition) is 3. The molecule has 2 N–H and O–H groups in total. The van der Waals surface area contributed by atoms with Crippen molar-refractivity contribution in [2.24, 2.45) is 5.73 Å². The van der Waals surface area contributed by atoms with Crippen molar-refractivity contribution < 1.29 is 4.39 Å². The van der Waals surface area contributed by atoms with Gasteiger partial charge < -0.3 is 5.73 Å². The molecule has 0 amide bonds. The summed E-state index contributed by atoms with van der Waals surface area (Å²) in [5.74, 6) is -0.191. The fourth-order valence-electron chi connectivity index (χ4n) is 1.44. The Kier molecular flexibility index (Phi) is 2.79. The molecule has 0 radical (unpaired) electrons. The zero-order chi connectivity index (χ0) is 10.8. The number of aromatic nitrogens is 1. The molecule has 78 valence electrons. The monoisotopic (exact) mass is 222 g/mol. The van der Waals surface area contributed by atoms with Crippen LogP contribution in [-0.2, 0) is 6.54 Å². The maximum Gasteiger partial charge on any atom is 0.126 e. The van der Waals surface area contributed by atoms with E-state index in [0.717, 1.165) is 16.1 Å². The van der Waals surface area contributed by atoms with Gasteiger partial charge in [-0.15, -0.1) is 11.3 Å². The van der Waals surface area contributed by atoms with Gasteiger partial charge in [0.1, 0.15) is 5.82 Å². The predicted molar refractivity (Wildman–Crippen MR) is 60.1 cm³/mol. The Morgan fingerprint density at radius 3 is 2.93 bits per heavy atom. The van der Waals surface area contributed by atoms with Crippen LogP contribution in [0.3, 0.4) is 0 Å². The number of rotatable bonds is 2. The maximum atomic E-state index is 13.1. The molecular formula is C11H11FN2S. The molecule has 0 bridgehead atoms. The lowest BCUT2D eigenvalue weighted by atomic mass is 10.1. The van der Waals surface area contributed by atoms with Gasteiger partial charge in [-0.2, -0.15) is 0 Å². The van der Waals surface area contributed by atoms with E-state index in [2.05, 4.69) is 4.98 Å². The van der Waals surface area contributed by atoms with Crippen molar-refractivity contribution in [2.75, 3.05) is 0 Å². The van der Waals surface area contributed by atoms with Crippen LogP contribution in [0, 0.1) is 12.7 Å². The average molecular weight is 222 g/mol. The van der Waals surface area contributed by atoms with Gasteiger partial charge >= 0.3 is 0 Å². The molecule has 2 aromatic rings. The van der Waals surface area contributed by atoms with Crippen molar-refractivity contribution in [2.45, 2.75) is 13.5 Å². The molecule has 0 saturated heterocycles. The number of hydrogen-bond donors (Lipinski definition) is 1. The van der Waals surface area contributed by atoms with E-state index in [4.69, 9.17) is 5.73 Å². The Morgan fingerprint density at radius 1 is 1.47 bits per heavy atom. The van der Waals surface area contributed by atoms with Crippen molar-refractivity contribution in [3.63, 3.8) is 0 Å². The number of nitrogens with zero attached hydrogens (tertiary/aromatic N) is 1. The molecule has 0 saturated carbocycles. The highest BCUT2D eigenvalue weighted by atomic mass is 32.1. The van der Waals surface area contributed by atoms with E-state index in [1.165, 1.54) is 17.4 Å². The second-order valence-corrected chi connectivity index (χ2v) is 4.23. The second kappa shape index (κ2) is 4.08. The van der Waals surface area contributed by atoms with Crippen LogP contribution in [0.2, 0.25) is 0 Å². The summed E-state index contributed by atoms with van der Waals surface area (Å²) in [5, 5.41) is 0. The third-order valence-electron chi connectivity index (χ3n) is 2.26. The van der Waals surface area contributed by atoms with Gasteiger partial charge in [0.15, 0.2) is 0 Å². The van der Waals surface area contributed by atoms with E-state index in [0.29, 0.717) is 12.1 Å². The normalized spacial score (nSPS) is 10.6. The van der Waals surface area contributed by atoms with Crippen LogP contribution in [-0.4, -0.2) is 4.98 Å². The molecule has 0 aliphatic carbocycles. The van der Waals surface area contributed by atoms with Gasteiger partial charge in [0.2, 0.25) is 0 Å². The third kappa shape index (κ3) is 1.91. The summed E-state index contributed by atoms with van der Waals surface area (Å²) < 4.78 is 13.1. The van der Waals surface area contributed by atoms with Crippen LogP contribution >= 0.6 is 11.3 Å². The average Bonchev–Trinajstić information content (AvgIpc) is 2.70. The largest absolute Gasteiger partial charge is 0.326 e. The van der Waals surface area contributed by atoms with E-state index >= 15 is 0 Å². The minimum Gasteiger partial charge on any atom is -0.326 e. The molecule has 0 fully saturated rings. The van der Waals surface area contributed by atoms with Gasteiger partial charge in [-0.25, -0.2) is 9.37 Å². The summed E-state index contributed by atoms with van der Waals surface area (Å²) >= 11 is 1.52. The molecule has 4 heteroatoms. The molecule has 0 aliphatic rings. The molecule has 1 heterocycles. The molecule has 15 heavy (non-hydrogen) atoms. The molecule has 0 atom stereocenters. The van der Waals surface area contributed by atoms with Gasteiger partial charge in [0.05, 0.1) is 11.2 Å². The Morgan fingerprint density at radius 2 is 2.27 bits per heavy atom. The smallest absolute Gasteiger partial charge is 0.126 e. The Labute approximate surface area is 91.6 Å². The lowest BCUT2D eigenvalue weighted by molar-refractivity contribution is 0.619. The van der Waals surface area contributed by atoms with Crippen LogP contribution < -0.4 is 5.73 Å². The summed E-state index contributed by atoms with van der Waals surface area (Å²) in [5.41, 5.74) is 9.78. The summed E-state index contributed by atoms with van der Waals surface area (Å²) in [6, 6.07) is 4.99. The quantitative estimate of drug-likeness (QED) is 0.848.